The van der Waals surface area contributed by atoms with E-state index in [2.05, 4.69) is 18.7 Å². The molecule has 3 nitrogen and oxygen atoms in total. The van der Waals surface area contributed by atoms with E-state index < -0.39 is 9.84 Å². The molecule has 0 saturated carbocycles. The lowest BCUT2D eigenvalue weighted by Crippen LogP contribution is -2.40. The number of piperidine rings is 1. The van der Waals surface area contributed by atoms with Crippen LogP contribution in [0.5, 0.6) is 0 Å². The number of likely N-dealkylation sites (tertiary alicyclic amines) is 1. The first kappa shape index (κ1) is 12.0. The van der Waals surface area contributed by atoms with Crippen molar-refractivity contribution in [1.82, 2.24) is 4.90 Å². The smallest absolute Gasteiger partial charge is 0.150 e. The predicted molar refractivity (Wildman–Crippen MR) is 58.9 cm³/mol. The third kappa shape index (κ3) is 3.58. The Kier molecular flexibility index (Phi) is 3.95. The Hall–Kier alpha value is -0.0900. The molecule has 1 fully saturated rings. The number of sulfone groups is 1. The summed E-state index contributed by atoms with van der Waals surface area (Å²) in [7, 11) is -2.81. The van der Waals surface area contributed by atoms with Crippen molar-refractivity contribution in [2.24, 2.45) is 0 Å². The van der Waals surface area contributed by atoms with Crippen LogP contribution >= 0.6 is 0 Å². The van der Waals surface area contributed by atoms with Crippen LogP contribution in [-0.2, 0) is 9.84 Å². The molecular weight excluding hydrogens is 198 g/mol. The molecule has 0 N–H and O–H groups in total. The summed E-state index contributed by atoms with van der Waals surface area (Å²) < 4.78 is 22.6. The van der Waals surface area contributed by atoms with E-state index in [4.69, 9.17) is 0 Å². The fourth-order valence-corrected chi connectivity index (χ4v) is 3.01. The number of hydrogen-bond donors (Lipinski definition) is 0. The topological polar surface area (TPSA) is 37.4 Å². The Morgan fingerprint density at radius 2 is 1.79 bits per heavy atom. The third-order valence-corrected chi connectivity index (χ3v) is 4.36. The largest absolute Gasteiger partial charge is 0.303 e. The lowest BCUT2D eigenvalue weighted by atomic mass is 10.1. The van der Waals surface area contributed by atoms with Crippen LogP contribution in [0.1, 0.15) is 26.7 Å². The average molecular weight is 218 g/mol. The molecule has 0 aromatic heterocycles. The van der Waals surface area contributed by atoms with Crippen molar-refractivity contribution in [2.75, 3.05) is 25.9 Å². The maximum Gasteiger partial charge on any atom is 0.150 e. The van der Waals surface area contributed by atoms with Gasteiger partial charge in [0.15, 0.2) is 0 Å². The van der Waals surface area contributed by atoms with Gasteiger partial charge in [-0.15, -0.1) is 0 Å². The molecule has 14 heavy (non-hydrogen) atoms. The molecule has 1 aliphatic heterocycles. The van der Waals surface area contributed by atoms with Gasteiger partial charge < -0.3 is 4.90 Å². The first-order chi connectivity index (χ1) is 6.39. The normalized spacial score (nSPS) is 21.7. The van der Waals surface area contributed by atoms with E-state index >= 15 is 0 Å². The summed E-state index contributed by atoms with van der Waals surface area (Å²) in [6.45, 7) is 7.08. The summed E-state index contributed by atoms with van der Waals surface area (Å²) >= 11 is 0. The van der Waals surface area contributed by atoms with Gasteiger partial charge in [0, 0.05) is 12.8 Å². The van der Waals surface area contributed by atoms with Crippen molar-refractivity contribution in [3.05, 3.63) is 5.92 Å². The molecule has 1 radical (unpaired) electrons. The summed E-state index contributed by atoms with van der Waals surface area (Å²) in [5.74, 6) is 1.39. The zero-order chi connectivity index (χ0) is 10.8. The van der Waals surface area contributed by atoms with Gasteiger partial charge in [-0.3, -0.25) is 0 Å². The standard InChI is InChI=1S/C10H20NO2S/c1-9(2)8-11-6-4-10(5-7-11)14(3,12)13/h10H,4-8H2,1-3H3. The minimum absolute atomic E-state index is 0.101. The van der Waals surface area contributed by atoms with E-state index in [1.807, 2.05) is 0 Å². The second kappa shape index (κ2) is 4.62. The molecule has 4 heteroatoms. The Morgan fingerprint density at radius 1 is 1.29 bits per heavy atom. The van der Waals surface area contributed by atoms with Crippen LogP contribution in [0.15, 0.2) is 0 Å². The monoisotopic (exact) mass is 218 g/mol. The Morgan fingerprint density at radius 3 is 2.14 bits per heavy atom. The Balaban J connectivity index is 2.39. The summed E-state index contributed by atoms with van der Waals surface area (Å²) in [6, 6.07) is 0. The van der Waals surface area contributed by atoms with Crippen molar-refractivity contribution >= 4 is 9.84 Å². The van der Waals surface area contributed by atoms with Gasteiger partial charge in [-0.2, -0.15) is 0 Å². The van der Waals surface area contributed by atoms with E-state index in [-0.39, 0.29) is 5.25 Å². The molecule has 83 valence electrons. The van der Waals surface area contributed by atoms with Crippen LogP contribution in [0.3, 0.4) is 0 Å². The lowest BCUT2D eigenvalue weighted by molar-refractivity contribution is 0.238. The molecule has 0 unspecified atom stereocenters. The van der Waals surface area contributed by atoms with Gasteiger partial charge in [0.1, 0.15) is 9.84 Å². The van der Waals surface area contributed by atoms with Crippen LogP contribution in [0.2, 0.25) is 0 Å². The fourth-order valence-electron chi connectivity index (χ4n) is 1.94. The highest BCUT2D eigenvalue weighted by Crippen LogP contribution is 2.17. The van der Waals surface area contributed by atoms with Gasteiger partial charge in [-0.05, 0) is 31.8 Å². The van der Waals surface area contributed by atoms with Gasteiger partial charge in [-0.1, -0.05) is 13.8 Å². The number of hydrogen-bond acceptors (Lipinski definition) is 3. The minimum atomic E-state index is -2.81. The molecule has 0 aliphatic carbocycles. The third-order valence-electron chi connectivity index (χ3n) is 2.68. The number of nitrogens with zero attached hydrogens (tertiary/aromatic N) is 1. The first-order valence-electron chi connectivity index (χ1n) is 5.10. The van der Waals surface area contributed by atoms with Gasteiger partial charge in [0.05, 0.1) is 5.25 Å². The van der Waals surface area contributed by atoms with Crippen molar-refractivity contribution in [3.63, 3.8) is 0 Å². The maximum atomic E-state index is 11.3. The second-order valence-electron chi connectivity index (χ2n) is 4.51. The maximum absolute atomic E-state index is 11.3. The highest BCUT2D eigenvalue weighted by molar-refractivity contribution is 7.91. The molecule has 1 saturated heterocycles. The Bertz CT molecular complexity index is 264. The lowest BCUT2D eigenvalue weighted by Gasteiger charge is -2.31. The molecular formula is C10H20NO2S. The van der Waals surface area contributed by atoms with E-state index in [1.54, 1.807) is 0 Å². The van der Waals surface area contributed by atoms with Crippen LogP contribution in [0.4, 0.5) is 0 Å². The fraction of sp³-hybridized carbons (Fsp3) is 0.900. The van der Waals surface area contributed by atoms with Crippen molar-refractivity contribution < 1.29 is 8.42 Å². The molecule has 0 atom stereocenters. The molecule has 1 aliphatic rings. The summed E-state index contributed by atoms with van der Waals surface area (Å²) in [5, 5.41) is -0.101. The quantitative estimate of drug-likeness (QED) is 0.712. The van der Waals surface area contributed by atoms with E-state index in [1.165, 1.54) is 12.2 Å². The molecule has 0 spiro atoms. The average Bonchev–Trinajstić information content (AvgIpc) is 2.02. The summed E-state index contributed by atoms with van der Waals surface area (Å²) in [6.07, 6.45) is 2.95. The number of rotatable bonds is 3. The van der Waals surface area contributed by atoms with Gasteiger partial charge in [-0.25, -0.2) is 8.42 Å². The van der Waals surface area contributed by atoms with Gasteiger partial charge >= 0.3 is 0 Å². The molecule has 0 aromatic carbocycles. The van der Waals surface area contributed by atoms with E-state index in [0.717, 1.165) is 32.5 Å². The molecule has 0 bridgehead atoms. The predicted octanol–water partition coefficient (Wildman–Crippen LogP) is 1.11. The SMILES string of the molecule is C[C](C)CN1CCC(S(C)(=O)=O)CC1. The van der Waals surface area contributed by atoms with E-state index in [9.17, 15) is 8.42 Å². The van der Waals surface area contributed by atoms with Crippen LogP contribution in [0, 0.1) is 5.92 Å². The van der Waals surface area contributed by atoms with Crippen molar-refractivity contribution in [3.8, 4) is 0 Å². The van der Waals surface area contributed by atoms with Crippen molar-refractivity contribution in [1.29, 1.82) is 0 Å². The summed E-state index contributed by atoms with van der Waals surface area (Å²) in [4.78, 5) is 2.33. The highest BCUT2D eigenvalue weighted by atomic mass is 32.2. The molecule has 0 aromatic rings. The molecule has 0 amide bonds. The first-order valence-corrected chi connectivity index (χ1v) is 7.05. The Labute approximate surface area is 87.4 Å². The summed E-state index contributed by atoms with van der Waals surface area (Å²) in [5.41, 5.74) is 0. The van der Waals surface area contributed by atoms with Crippen LogP contribution in [0.25, 0.3) is 0 Å². The zero-order valence-corrected chi connectivity index (χ0v) is 10.1. The zero-order valence-electron chi connectivity index (χ0n) is 9.28. The van der Waals surface area contributed by atoms with Gasteiger partial charge in [0.2, 0.25) is 0 Å². The highest BCUT2D eigenvalue weighted by Gasteiger charge is 2.26. The van der Waals surface area contributed by atoms with Crippen LogP contribution < -0.4 is 0 Å². The minimum Gasteiger partial charge on any atom is -0.303 e. The molecule has 1 rings (SSSR count). The van der Waals surface area contributed by atoms with Crippen LogP contribution in [-0.4, -0.2) is 44.5 Å². The second-order valence-corrected chi connectivity index (χ2v) is 6.84. The van der Waals surface area contributed by atoms with Gasteiger partial charge in [0.25, 0.3) is 0 Å². The molecule has 1 heterocycles. The van der Waals surface area contributed by atoms with Crippen molar-refractivity contribution in [2.45, 2.75) is 31.9 Å². The van der Waals surface area contributed by atoms with E-state index in [0.29, 0.717) is 0 Å².